The maximum Gasteiger partial charge on any atom is 0.0717 e. The Balaban J connectivity index is 2.82. The predicted molar refractivity (Wildman–Crippen MR) is 69.3 cm³/mol. The molecule has 0 aliphatic heterocycles. The molecule has 1 aromatic rings. The van der Waals surface area contributed by atoms with Crippen LogP contribution in [0.4, 0.5) is 5.69 Å². The second-order valence-corrected chi connectivity index (χ2v) is 3.89. The quantitative estimate of drug-likeness (QED) is 0.735. The number of hydrogen-bond donors (Lipinski definition) is 1. The molecule has 4 nitrogen and oxygen atoms in total. The number of aryl methyl sites for hydroxylation is 1. The van der Waals surface area contributed by atoms with Gasteiger partial charge in [-0.2, -0.15) is 0 Å². The minimum Gasteiger partial charge on any atom is -0.392 e. The van der Waals surface area contributed by atoms with E-state index in [-0.39, 0.29) is 6.61 Å². The van der Waals surface area contributed by atoms with Gasteiger partial charge < -0.3 is 14.7 Å². The summed E-state index contributed by atoms with van der Waals surface area (Å²) in [7, 11) is 0. The van der Waals surface area contributed by atoms with E-state index in [9.17, 15) is 5.11 Å². The van der Waals surface area contributed by atoms with Crippen molar-refractivity contribution in [3.8, 4) is 0 Å². The van der Waals surface area contributed by atoms with E-state index in [1.54, 1.807) is 6.20 Å². The molecule has 0 unspecified atom stereocenters. The standard InChI is InChI=1S/C13H22N2O2/c1-4-15(6-7-17-5-2)13-8-11(3)14-9-12(13)10-16/h8-9,16H,4-7,10H2,1-3H3. The molecule has 1 N–H and O–H groups in total. The van der Waals surface area contributed by atoms with Crippen molar-refractivity contribution in [1.82, 2.24) is 4.98 Å². The van der Waals surface area contributed by atoms with Crippen LogP contribution >= 0.6 is 0 Å². The number of aliphatic hydroxyl groups is 1. The van der Waals surface area contributed by atoms with E-state index in [4.69, 9.17) is 4.74 Å². The molecule has 0 amide bonds. The molecule has 1 heterocycles. The first-order chi connectivity index (χ1) is 8.22. The van der Waals surface area contributed by atoms with Crippen LogP contribution in [0.3, 0.4) is 0 Å². The minimum atomic E-state index is 0.0216. The van der Waals surface area contributed by atoms with Crippen molar-refractivity contribution in [3.63, 3.8) is 0 Å². The third kappa shape index (κ3) is 3.98. The van der Waals surface area contributed by atoms with Gasteiger partial charge in [-0.25, -0.2) is 0 Å². The summed E-state index contributed by atoms with van der Waals surface area (Å²) in [6.07, 6.45) is 1.74. The Morgan fingerprint density at radius 3 is 2.76 bits per heavy atom. The van der Waals surface area contributed by atoms with Gasteiger partial charge in [0.2, 0.25) is 0 Å². The fraction of sp³-hybridized carbons (Fsp3) is 0.615. The SMILES string of the molecule is CCOCCN(CC)c1cc(C)ncc1CO. The maximum absolute atomic E-state index is 9.33. The molecule has 0 saturated heterocycles. The fourth-order valence-corrected chi connectivity index (χ4v) is 1.76. The number of hydrogen-bond acceptors (Lipinski definition) is 4. The highest BCUT2D eigenvalue weighted by Crippen LogP contribution is 2.20. The van der Waals surface area contributed by atoms with E-state index in [1.165, 1.54) is 0 Å². The Labute approximate surface area is 103 Å². The van der Waals surface area contributed by atoms with Crippen molar-refractivity contribution in [2.45, 2.75) is 27.4 Å². The molecular weight excluding hydrogens is 216 g/mol. The first kappa shape index (κ1) is 13.9. The third-order valence-corrected chi connectivity index (χ3v) is 2.70. The Morgan fingerprint density at radius 1 is 1.41 bits per heavy atom. The van der Waals surface area contributed by atoms with Gasteiger partial charge in [0.1, 0.15) is 0 Å². The molecule has 0 aliphatic carbocycles. The average Bonchev–Trinajstić information content (AvgIpc) is 2.35. The van der Waals surface area contributed by atoms with Gasteiger partial charge in [-0.05, 0) is 26.8 Å². The molecule has 0 radical (unpaired) electrons. The van der Waals surface area contributed by atoms with Crippen LogP contribution < -0.4 is 4.90 Å². The lowest BCUT2D eigenvalue weighted by Gasteiger charge is -2.25. The monoisotopic (exact) mass is 238 g/mol. The van der Waals surface area contributed by atoms with E-state index < -0.39 is 0 Å². The number of aromatic nitrogens is 1. The smallest absolute Gasteiger partial charge is 0.0717 e. The molecule has 0 aliphatic rings. The zero-order chi connectivity index (χ0) is 12.7. The summed E-state index contributed by atoms with van der Waals surface area (Å²) in [5.74, 6) is 0. The zero-order valence-corrected chi connectivity index (χ0v) is 10.9. The molecule has 4 heteroatoms. The van der Waals surface area contributed by atoms with Gasteiger partial charge in [-0.1, -0.05) is 0 Å². The third-order valence-electron chi connectivity index (χ3n) is 2.70. The number of ether oxygens (including phenoxy) is 1. The summed E-state index contributed by atoms with van der Waals surface area (Å²) >= 11 is 0. The van der Waals surface area contributed by atoms with E-state index in [2.05, 4.69) is 16.8 Å². The number of pyridine rings is 1. The van der Waals surface area contributed by atoms with Gasteiger partial charge >= 0.3 is 0 Å². The summed E-state index contributed by atoms with van der Waals surface area (Å²) in [4.78, 5) is 6.41. The van der Waals surface area contributed by atoms with Crippen molar-refractivity contribution < 1.29 is 9.84 Å². The molecule has 1 rings (SSSR count). The number of nitrogens with zero attached hydrogens (tertiary/aromatic N) is 2. The molecule has 0 bridgehead atoms. The van der Waals surface area contributed by atoms with Crippen LogP contribution in [-0.2, 0) is 11.3 Å². The van der Waals surface area contributed by atoms with Gasteiger partial charge in [0.15, 0.2) is 0 Å². The molecule has 1 aromatic heterocycles. The molecule has 17 heavy (non-hydrogen) atoms. The topological polar surface area (TPSA) is 45.6 Å². The summed E-state index contributed by atoms with van der Waals surface area (Å²) < 4.78 is 5.37. The molecule has 0 spiro atoms. The van der Waals surface area contributed by atoms with Crippen LogP contribution in [0.5, 0.6) is 0 Å². The van der Waals surface area contributed by atoms with Crippen molar-refractivity contribution in [1.29, 1.82) is 0 Å². The molecule has 0 saturated carbocycles. The highest BCUT2D eigenvalue weighted by atomic mass is 16.5. The van der Waals surface area contributed by atoms with Crippen LogP contribution in [0, 0.1) is 6.92 Å². The van der Waals surface area contributed by atoms with Gasteiger partial charge in [-0.3, -0.25) is 4.98 Å². The first-order valence-corrected chi connectivity index (χ1v) is 6.12. The Hall–Kier alpha value is -1.13. The van der Waals surface area contributed by atoms with Crippen LogP contribution in [0.1, 0.15) is 25.1 Å². The number of rotatable bonds is 7. The maximum atomic E-state index is 9.33. The second kappa shape index (κ2) is 7.25. The summed E-state index contributed by atoms with van der Waals surface area (Å²) in [5, 5.41) is 9.33. The predicted octanol–water partition coefficient (Wildman–Crippen LogP) is 1.75. The van der Waals surface area contributed by atoms with Crippen molar-refractivity contribution in [2.24, 2.45) is 0 Å². The van der Waals surface area contributed by atoms with E-state index >= 15 is 0 Å². The zero-order valence-electron chi connectivity index (χ0n) is 10.9. The van der Waals surface area contributed by atoms with Crippen LogP contribution in [0.2, 0.25) is 0 Å². The van der Waals surface area contributed by atoms with Gasteiger partial charge in [-0.15, -0.1) is 0 Å². The minimum absolute atomic E-state index is 0.0216. The average molecular weight is 238 g/mol. The molecule has 96 valence electrons. The van der Waals surface area contributed by atoms with Crippen molar-refractivity contribution >= 4 is 5.69 Å². The fourth-order valence-electron chi connectivity index (χ4n) is 1.76. The number of likely N-dealkylation sites (N-methyl/N-ethyl adjacent to an activating group) is 1. The van der Waals surface area contributed by atoms with E-state index in [0.29, 0.717) is 6.61 Å². The summed E-state index contributed by atoms with van der Waals surface area (Å²) in [5.41, 5.74) is 2.89. The lowest BCUT2D eigenvalue weighted by Crippen LogP contribution is -2.28. The Bertz CT molecular complexity index is 342. The van der Waals surface area contributed by atoms with Crippen LogP contribution in [0.15, 0.2) is 12.3 Å². The largest absolute Gasteiger partial charge is 0.392 e. The van der Waals surface area contributed by atoms with E-state index in [1.807, 2.05) is 19.9 Å². The second-order valence-electron chi connectivity index (χ2n) is 3.89. The van der Waals surface area contributed by atoms with Gasteiger partial charge in [0.25, 0.3) is 0 Å². The number of anilines is 1. The molecule has 0 fully saturated rings. The molecule has 0 aromatic carbocycles. The summed E-state index contributed by atoms with van der Waals surface area (Å²) in [6.45, 7) is 9.24. The van der Waals surface area contributed by atoms with Crippen molar-refractivity contribution in [2.75, 3.05) is 31.2 Å². The van der Waals surface area contributed by atoms with E-state index in [0.717, 1.165) is 36.6 Å². The highest BCUT2D eigenvalue weighted by molar-refractivity contribution is 5.53. The number of aliphatic hydroxyl groups excluding tert-OH is 1. The van der Waals surface area contributed by atoms with Gasteiger partial charge in [0, 0.05) is 42.8 Å². The normalized spacial score (nSPS) is 10.6. The van der Waals surface area contributed by atoms with Crippen LogP contribution in [0.25, 0.3) is 0 Å². The highest BCUT2D eigenvalue weighted by Gasteiger charge is 2.10. The lowest BCUT2D eigenvalue weighted by atomic mass is 10.2. The Kier molecular flexibility index (Phi) is 5.94. The Morgan fingerprint density at radius 2 is 2.18 bits per heavy atom. The summed E-state index contributed by atoms with van der Waals surface area (Å²) in [6, 6.07) is 2.01. The van der Waals surface area contributed by atoms with Gasteiger partial charge in [0.05, 0.1) is 13.2 Å². The van der Waals surface area contributed by atoms with Crippen molar-refractivity contribution in [3.05, 3.63) is 23.5 Å². The first-order valence-electron chi connectivity index (χ1n) is 6.12. The lowest BCUT2D eigenvalue weighted by molar-refractivity contribution is 0.154. The van der Waals surface area contributed by atoms with Crippen LogP contribution in [-0.4, -0.2) is 36.4 Å². The molecule has 0 atom stereocenters. The molecular formula is C13H22N2O2.